The number of fused-ring (bicyclic) bond motifs is 1. The second-order valence-electron chi connectivity index (χ2n) is 6.65. The molecular formula is C20H18ClFN2O2. The first-order valence-corrected chi connectivity index (χ1v) is 8.99. The molecule has 1 heterocycles. The number of nitrogens with zero attached hydrogens (tertiary/aromatic N) is 1. The quantitative estimate of drug-likeness (QED) is 0.722. The van der Waals surface area contributed by atoms with E-state index in [-0.39, 0.29) is 23.6 Å². The predicted octanol–water partition coefficient (Wildman–Crippen LogP) is 4.39. The van der Waals surface area contributed by atoms with Crippen LogP contribution >= 0.6 is 11.6 Å². The molecule has 1 N–H and O–H groups in total. The van der Waals surface area contributed by atoms with E-state index in [4.69, 9.17) is 16.0 Å². The maximum absolute atomic E-state index is 13.9. The van der Waals surface area contributed by atoms with Crippen LogP contribution in [0, 0.1) is 18.7 Å². The maximum atomic E-state index is 13.9. The molecule has 1 aromatic heterocycles. The summed E-state index contributed by atoms with van der Waals surface area (Å²) in [6.45, 7) is 2.41. The van der Waals surface area contributed by atoms with Crippen LogP contribution < -0.4 is 5.32 Å². The zero-order valence-corrected chi connectivity index (χ0v) is 15.0. The van der Waals surface area contributed by atoms with Gasteiger partial charge in [0.15, 0.2) is 11.5 Å². The molecule has 1 aliphatic rings. The van der Waals surface area contributed by atoms with E-state index in [0.717, 1.165) is 16.7 Å². The second-order valence-corrected chi connectivity index (χ2v) is 7.06. The lowest BCUT2D eigenvalue weighted by molar-refractivity contribution is -0.122. The van der Waals surface area contributed by atoms with Crippen LogP contribution in [0.1, 0.15) is 29.4 Å². The van der Waals surface area contributed by atoms with E-state index in [0.29, 0.717) is 35.9 Å². The summed E-state index contributed by atoms with van der Waals surface area (Å²) in [6, 6.07) is 10.4. The number of nitrogens with one attached hydrogen (secondary N) is 1. The summed E-state index contributed by atoms with van der Waals surface area (Å²) in [6.07, 6.45) is 1.13. The Balaban J connectivity index is 1.34. The van der Waals surface area contributed by atoms with Crippen molar-refractivity contribution in [3.8, 4) is 0 Å². The minimum atomic E-state index is -0.348. The summed E-state index contributed by atoms with van der Waals surface area (Å²) in [5.74, 6) is -0.202. The van der Waals surface area contributed by atoms with Gasteiger partial charge in [-0.1, -0.05) is 29.8 Å². The SMILES string of the molecule is Cc1cccc2oc(CCNC(=O)C3CC3c3c(F)cccc3Cl)nc12. The predicted molar refractivity (Wildman–Crippen MR) is 97.7 cm³/mol. The van der Waals surface area contributed by atoms with Crippen LogP contribution in [0.15, 0.2) is 40.8 Å². The van der Waals surface area contributed by atoms with Gasteiger partial charge in [0.1, 0.15) is 11.3 Å². The Morgan fingerprint density at radius 2 is 2.15 bits per heavy atom. The van der Waals surface area contributed by atoms with Gasteiger partial charge in [-0.2, -0.15) is 0 Å². The van der Waals surface area contributed by atoms with E-state index >= 15 is 0 Å². The molecule has 26 heavy (non-hydrogen) atoms. The molecular weight excluding hydrogens is 355 g/mol. The van der Waals surface area contributed by atoms with Crippen molar-refractivity contribution in [3.05, 3.63) is 64.3 Å². The van der Waals surface area contributed by atoms with E-state index in [1.165, 1.54) is 6.07 Å². The summed E-state index contributed by atoms with van der Waals surface area (Å²) < 4.78 is 19.6. The van der Waals surface area contributed by atoms with Gasteiger partial charge < -0.3 is 9.73 Å². The lowest BCUT2D eigenvalue weighted by Gasteiger charge is -2.06. The van der Waals surface area contributed by atoms with E-state index in [1.807, 2.05) is 25.1 Å². The number of carbonyl (C=O) groups excluding carboxylic acids is 1. The Labute approximate surface area is 155 Å². The number of halogens is 2. The molecule has 3 aromatic rings. The molecule has 2 unspecified atom stereocenters. The van der Waals surface area contributed by atoms with Crippen molar-refractivity contribution < 1.29 is 13.6 Å². The first kappa shape index (κ1) is 17.0. The van der Waals surface area contributed by atoms with E-state index in [2.05, 4.69) is 10.3 Å². The fourth-order valence-electron chi connectivity index (χ4n) is 3.33. The lowest BCUT2D eigenvalue weighted by atomic mass is 10.1. The molecule has 134 valence electrons. The number of hydrogen-bond acceptors (Lipinski definition) is 3. The minimum Gasteiger partial charge on any atom is -0.441 e. The Hall–Kier alpha value is -2.40. The highest BCUT2D eigenvalue weighted by molar-refractivity contribution is 6.31. The Bertz CT molecular complexity index is 965. The molecule has 1 saturated carbocycles. The van der Waals surface area contributed by atoms with Crippen LogP contribution in [0.4, 0.5) is 4.39 Å². The molecule has 1 aliphatic carbocycles. The van der Waals surface area contributed by atoms with Gasteiger partial charge in [0, 0.05) is 35.4 Å². The zero-order chi connectivity index (χ0) is 18.3. The van der Waals surface area contributed by atoms with Crippen molar-refractivity contribution in [2.75, 3.05) is 6.54 Å². The normalized spacial score (nSPS) is 18.9. The van der Waals surface area contributed by atoms with Crippen molar-refractivity contribution >= 4 is 28.6 Å². The van der Waals surface area contributed by atoms with Crippen LogP contribution in [-0.2, 0) is 11.2 Å². The summed E-state index contributed by atoms with van der Waals surface area (Å²) >= 11 is 6.08. The Kier molecular flexibility index (Phi) is 4.41. The summed E-state index contributed by atoms with van der Waals surface area (Å²) in [5.41, 5.74) is 3.11. The van der Waals surface area contributed by atoms with Gasteiger partial charge in [0.2, 0.25) is 5.91 Å². The average Bonchev–Trinajstić information content (AvgIpc) is 3.26. The fraction of sp³-hybridized carbons (Fsp3) is 0.300. The van der Waals surface area contributed by atoms with Gasteiger partial charge in [-0.25, -0.2) is 9.37 Å². The number of para-hydroxylation sites is 1. The van der Waals surface area contributed by atoms with Gasteiger partial charge in [-0.3, -0.25) is 4.79 Å². The highest BCUT2D eigenvalue weighted by Crippen LogP contribution is 2.50. The third-order valence-electron chi connectivity index (χ3n) is 4.80. The molecule has 1 fully saturated rings. The summed E-state index contributed by atoms with van der Waals surface area (Å²) in [4.78, 5) is 16.8. The highest BCUT2D eigenvalue weighted by atomic mass is 35.5. The van der Waals surface area contributed by atoms with Crippen LogP contribution in [0.3, 0.4) is 0 Å². The van der Waals surface area contributed by atoms with Crippen LogP contribution in [0.5, 0.6) is 0 Å². The average molecular weight is 373 g/mol. The van der Waals surface area contributed by atoms with E-state index in [1.54, 1.807) is 12.1 Å². The molecule has 4 rings (SSSR count). The topological polar surface area (TPSA) is 55.1 Å². The van der Waals surface area contributed by atoms with E-state index < -0.39 is 0 Å². The minimum absolute atomic E-state index is 0.0818. The molecule has 0 saturated heterocycles. The van der Waals surface area contributed by atoms with Gasteiger partial charge in [0.05, 0.1) is 0 Å². The van der Waals surface area contributed by atoms with Crippen LogP contribution in [-0.4, -0.2) is 17.4 Å². The number of carbonyl (C=O) groups is 1. The van der Waals surface area contributed by atoms with Crippen molar-refractivity contribution in [1.82, 2.24) is 10.3 Å². The van der Waals surface area contributed by atoms with Crippen LogP contribution in [0.2, 0.25) is 5.02 Å². The first-order valence-electron chi connectivity index (χ1n) is 8.61. The monoisotopic (exact) mass is 372 g/mol. The van der Waals surface area contributed by atoms with E-state index in [9.17, 15) is 9.18 Å². The molecule has 0 radical (unpaired) electrons. The van der Waals surface area contributed by atoms with Gasteiger partial charge >= 0.3 is 0 Å². The number of hydrogen-bond donors (Lipinski definition) is 1. The zero-order valence-electron chi connectivity index (χ0n) is 14.3. The Morgan fingerprint density at radius 1 is 1.35 bits per heavy atom. The Morgan fingerprint density at radius 3 is 2.92 bits per heavy atom. The second kappa shape index (κ2) is 6.72. The molecule has 2 atom stereocenters. The standard InChI is InChI=1S/C20H18ClFN2O2/c1-11-4-2-7-16-19(11)24-17(26-16)8-9-23-20(25)13-10-12(13)18-14(21)5-3-6-15(18)22/h2-7,12-13H,8-10H2,1H3,(H,23,25). The van der Waals surface area contributed by atoms with Gasteiger partial charge in [0.25, 0.3) is 0 Å². The third-order valence-corrected chi connectivity index (χ3v) is 5.13. The molecule has 0 aliphatic heterocycles. The molecule has 1 amide bonds. The number of rotatable bonds is 5. The van der Waals surface area contributed by atoms with Gasteiger partial charge in [-0.05, 0) is 37.1 Å². The number of aromatic nitrogens is 1. The van der Waals surface area contributed by atoms with Crippen molar-refractivity contribution in [3.63, 3.8) is 0 Å². The van der Waals surface area contributed by atoms with Crippen molar-refractivity contribution in [2.24, 2.45) is 5.92 Å². The third kappa shape index (κ3) is 3.19. The molecule has 4 nitrogen and oxygen atoms in total. The fourth-order valence-corrected chi connectivity index (χ4v) is 3.63. The highest BCUT2D eigenvalue weighted by Gasteiger charge is 2.46. The smallest absolute Gasteiger partial charge is 0.223 e. The number of aryl methyl sites for hydroxylation is 1. The first-order chi connectivity index (χ1) is 12.5. The molecule has 0 spiro atoms. The largest absolute Gasteiger partial charge is 0.441 e. The maximum Gasteiger partial charge on any atom is 0.223 e. The number of amides is 1. The summed E-state index contributed by atoms with van der Waals surface area (Å²) in [5, 5.41) is 3.27. The number of benzene rings is 2. The van der Waals surface area contributed by atoms with Crippen molar-refractivity contribution in [2.45, 2.75) is 25.7 Å². The number of oxazole rings is 1. The van der Waals surface area contributed by atoms with Crippen LogP contribution in [0.25, 0.3) is 11.1 Å². The molecule has 0 bridgehead atoms. The lowest BCUT2D eigenvalue weighted by Crippen LogP contribution is -2.27. The molecule has 6 heteroatoms. The summed E-state index contributed by atoms with van der Waals surface area (Å²) in [7, 11) is 0. The molecule has 2 aromatic carbocycles. The van der Waals surface area contributed by atoms with Crippen molar-refractivity contribution in [1.29, 1.82) is 0 Å². The van der Waals surface area contributed by atoms with Gasteiger partial charge in [-0.15, -0.1) is 0 Å².